The summed E-state index contributed by atoms with van der Waals surface area (Å²) in [5, 5.41) is 0. The van der Waals surface area contributed by atoms with E-state index in [1.165, 1.54) is 0 Å². The van der Waals surface area contributed by atoms with Gasteiger partial charge < -0.3 is 20.1 Å². The quantitative estimate of drug-likeness (QED) is 0.925. The summed E-state index contributed by atoms with van der Waals surface area (Å²) >= 11 is 0. The summed E-state index contributed by atoms with van der Waals surface area (Å²) in [4.78, 5) is 14.3. The number of amides is 1. The fourth-order valence-corrected chi connectivity index (χ4v) is 3.14. The van der Waals surface area contributed by atoms with Crippen LogP contribution in [0.15, 0.2) is 18.2 Å². The van der Waals surface area contributed by atoms with Crippen molar-refractivity contribution in [2.45, 2.75) is 38.3 Å². The van der Waals surface area contributed by atoms with Gasteiger partial charge in [-0.1, -0.05) is 12.1 Å². The van der Waals surface area contributed by atoms with Crippen LogP contribution in [0, 0.1) is 0 Å². The van der Waals surface area contributed by atoms with Crippen molar-refractivity contribution in [1.82, 2.24) is 4.90 Å². The summed E-state index contributed by atoms with van der Waals surface area (Å²) in [5.41, 5.74) is 6.82. The third-order valence-corrected chi connectivity index (χ3v) is 4.03. The van der Waals surface area contributed by atoms with Gasteiger partial charge in [-0.05, 0) is 25.8 Å². The molecule has 1 aromatic carbocycles. The number of nitrogens with two attached hydrogens (primary N) is 1. The van der Waals surface area contributed by atoms with Gasteiger partial charge in [0, 0.05) is 24.6 Å². The van der Waals surface area contributed by atoms with Crippen LogP contribution < -0.4 is 15.2 Å². The van der Waals surface area contributed by atoms with Crippen molar-refractivity contribution < 1.29 is 14.3 Å². The molecule has 2 N–H and O–H groups in total. The van der Waals surface area contributed by atoms with Crippen LogP contribution in [0.3, 0.4) is 0 Å². The maximum Gasteiger partial charge on any atom is 0.224 e. The molecule has 2 unspecified atom stereocenters. The predicted molar refractivity (Wildman–Crippen MR) is 86.6 cm³/mol. The van der Waals surface area contributed by atoms with Crippen LogP contribution in [0.5, 0.6) is 11.5 Å². The summed E-state index contributed by atoms with van der Waals surface area (Å²) in [5.74, 6) is 1.71. The molecule has 0 spiro atoms. The number of hydrogen-bond donors (Lipinski definition) is 1. The molecule has 122 valence electrons. The number of halogens is 1. The van der Waals surface area contributed by atoms with Crippen molar-refractivity contribution in [3.8, 4) is 11.5 Å². The Balaban J connectivity index is 0.00000176. The average Bonchev–Trinajstić information content (AvgIpc) is 2.95. The van der Waals surface area contributed by atoms with Gasteiger partial charge in [0.1, 0.15) is 13.2 Å². The summed E-state index contributed by atoms with van der Waals surface area (Å²) in [6.07, 6.45) is 2.37. The van der Waals surface area contributed by atoms with Crippen molar-refractivity contribution >= 4 is 18.3 Å². The molecule has 0 radical (unpaired) electrons. The smallest absolute Gasteiger partial charge is 0.224 e. The second kappa shape index (κ2) is 7.20. The van der Waals surface area contributed by atoms with Crippen LogP contribution in [-0.2, 0) is 4.79 Å². The van der Waals surface area contributed by atoms with Gasteiger partial charge in [0.05, 0.1) is 6.04 Å². The molecule has 0 bridgehead atoms. The van der Waals surface area contributed by atoms with Crippen molar-refractivity contribution in [2.75, 3.05) is 19.8 Å². The number of nitrogens with zero attached hydrogens (tertiary/aromatic N) is 1. The molecular weight excluding hydrogens is 304 g/mol. The normalized spacial score (nSPS) is 21.2. The number of para-hydroxylation sites is 1. The molecule has 2 aliphatic heterocycles. The van der Waals surface area contributed by atoms with E-state index in [4.69, 9.17) is 15.2 Å². The van der Waals surface area contributed by atoms with E-state index in [1.807, 2.05) is 30.0 Å². The number of fused-ring (bicyclic) bond motifs is 1. The molecule has 1 aromatic rings. The monoisotopic (exact) mass is 326 g/mol. The number of carbonyl (C=O) groups is 1. The number of hydrogen-bond acceptors (Lipinski definition) is 4. The molecule has 1 fully saturated rings. The Morgan fingerprint density at radius 2 is 2.18 bits per heavy atom. The minimum atomic E-state index is -0.108. The van der Waals surface area contributed by atoms with E-state index in [2.05, 4.69) is 0 Å². The van der Waals surface area contributed by atoms with Crippen molar-refractivity contribution in [1.29, 1.82) is 0 Å². The van der Waals surface area contributed by atoms with Gasteiger partial charge in [-0.15, -0.1) is 12.4 Å². The van der Waals surface area contributed by atoms with Gasteiger partial charge in [0.15, 0.2) is 11.5 Å². The lowest BCUT2D eigenvalue weighted by atomic mass is 10.0. The van der Waals surface area contributed by atoms with E-state index in [9.17, 15) is 4.79 Å². The number of likely N-dealkylation sites (tertiary alicyclic amines) is 1. The second-order valence-electron chi connectivity index (χ2n) is 5.80. The van der Waals surface area contributed by atoms with Crippen LogP contribution in [0.25, 0.3) is 0 Å². The highest BCUT2D eigenvalue weighted by Gasteiger charge is 2.33. The van der Waals surface area contributed by atoms with E-state index in [0.29, 0.717) is 19.6 Å². The maximum absolute atomic E-state index is 12.4. The third-order valence-electron chi connectivity index (χ3n) is 4.03. The number of carbonyl (C=O) groups excluding carboxylic acids is 1. The standard InChI is InChI=1S/C16H22N2O3.ClH/c1-11(17)10-15(19)18-7-3-5-13(18)12-4-2-6-14-16(12)21-9-8-20-14;/h2,4,6,11,13H,3,5,7-10,17H2,1H3;1H. The van der Waals surface area contributed by atoms with Gasteiger partial charge in [-0.3, -0.25) is 4.79 Å². The summed E-state index contributed by atoms with van der Waals surface area (Å²) in [6.45, 7) is 3.80. The van der Waals surface area contributed by atoms with E-state index in [1.54, 1.807) is 0 Å². The zero-order valence-corrected chi connectivity index (χ0v) is 13.6. The second-order valence-corrected chi connectivity index (χ2v) is 5.80. The highest BCUT2D eigenvalue weighted by molar-refractivity contribution is 5.85. The van der Waals surface area contributed by atoms with Crippen LogP contribution in [0.2, 0.25) is 0 Å². The highest BCUT2D eigenvalue weighted by atomic mass is 35.5. The Morgan fingerprint density at radius 1 is 1.41 bits per heavy atom. The molecule has 2 atom stereocenters. The summed E-state index contributed by atoms with van der Waals surface area (Å²) in [7, 11) is 0. The van der Waals surface area contributed by atoms with E-state index in [-0.39, 0.29) is 30.4 Å². The van der Waals surface area contributed by atoms with Gasteiger partial charge in [0.2, 0.25) is 5.91 Å². The predicted octanol–water partition coefficient (Wildman–Crippen LogP) is 2.28. The maximum atomic E-state index is 12.4. The van der Waals surface area contributed by atoms with Gasteiger partial charge >= 0.3 is 0 Å². The molecule has 0 saturated carbocycles. The first-order valence-electron chi connectivity index (χ1n) is 7.60. The van der Waals surface area contributed by atoms with Crippen molar-refractivity contribution in [3.05, 3.63) is 23.8 Å². The van der Waals surface area contributed by atoms with E-state index in [0.717, 1.165) is 36.4 Å². The fraction of sp³-hybridized carbons (Fsp3) is 0.562. The summed E-state index contributed by atoms with van der Waals surface area (Å²) in [6, 6.07) is 5.89. The van der Waals surface area contributed by atoms with Crippen molar-refractivity contribution in [3.63, 3.8) is 0 Å². The lowest BCUT2D eigenvalue weighted by Gasteiger charge is -2.29. The highest BCUT2D eigenvalue weighted by Crippen LogP contribution is 2.42. The first-order chi connectivity index (χ1) is 10.2. The van der Waals surface area contributed by atoms with Gasteiger partial charge in [-0.2, -0.15) is 0 Å². The molecule has 1 saturated heterocycles. The van der Waals surface area contributed by atoms with E-state index >= 15 is 0 Å². The van der Waals surface area contributed by atoms with Crippen LogP contribution >= 0.6 is 12.4 Å². The molecule has 2 heterocycles. The molecular formula is C16H23ClN2O3. The number of rotatable bonds is 3. The molecule has 0 aliphatic carbocycles. The first kappa shape index (κ1) is 16.9. The Labute approximate surface area is 137 Å². The third kappa shape index (κ3) is 3.31. The first-order valence-corrected chi connectivity index (χ1v) is 7.60. The van der Waals surface area contributed by atoms with Crippen molar-refractivity contribution in [2.24, 2.45) is 5.73 Å². The molecule has 6 heteroatoms. The largest absolute Gasteiger partial charge is 0.486 e. The molecule has 2 aliphatic rings. The molecule has 22 heavy (non-hydrogen) atoms. The Morgan fingerprint density at radius 3 is 2.95 bits per heavy atom. The topological polar surface area (TPSA) is 64.8 Å². The fourth-order valence-electron chi connectivity index (χ4n) is 3.14. The molecule has 1 amide bonds. The van der Waals surface area contributed by atoms with Crippen LogP contribution in [0.1, 0.15) is 37.8 Å². The molecule has 3 rings (SSSR count). The van der Waals surface area contributed by atoms with Crippen LogP contribution in [0.4, 0.5) is 0 Å². The number of benzene rings is 1. The lowest BCUT2D eigenvalue weighted by molar-refractivity contribution is -0.132. The zero-order valence-electron chi connectivity index (χ0n) is 12.8. The zero-order chi connectivity index (χ0) is 14.8. The lowest BCUT2D eigenvalue weighted by Crippen LogP contribution is -2.34. The van der Waals surface area contributed by atoms with Gasteiger partial charge in [-0.25, -0.2) is 0 Å². The minimum Gasteiger partial charge on any atom is -0.486 e. The average molecular weight is 327 g/mol. The minimum absolute atomic E-state index is 0. The number of ether oxygens (including phenoxy) is 2. The molecule has 0 aromatic heterocycles. The Kier molecular flexibility index (Phi) is 5.53. The Bertz CT molecular complexity index is 536. The molecule has 5 nitrogen and oxygen atoms in total. The van der Waals surface area contributed by atoms with Crippen LogP contribution in [-0.4, -0.2) is 36.6 Å². The summed E-state index contributed by atoms with van der Waals surface area (Å²) < 4.78 is 11.4. The Hall–Kier alpha value is -1.46. The SMILES string of the molecule is CC(N)CC(=O)N1CCCC1c1cccc2c1OCCO2.Cl. The van der Waals surface area contributed by atoms with Gasteiger partial charge in [0.25, 0.3) is 0 Å². The van der Waals surface area contributed by atoms with E-state index < -0.39 is 0 Å².